The maximum absolute atomic E-state index is 3.16. The van der Waals surface area contributed by atoms with E-state index in [2.05, 4.69) is 50.4 Å². The second-order valence-electron chi connectivity index (χ2n) is 5.01. The van der Waals surface area contributed by atoms with Crippen LogP contribution in [0.15, 0.2) is 24.3 Å². The first kappa shape index (κ1) is 11.1. The normalized spacial score (nSPS) is 11.4. The lowest BCUT2D eigenvalue weighted by atomic mass is 9.89. The van der Waals surface area contributed by atoms with Gasteiger partial charge in [0.25, 0.3) is 0 Å². The van der Waals surface area contributed by atoms with E-state index in [-0.39, 0.29) is 0 Å². The van der Waals surface area contributed by atoms with Gasteiger partial charge in [-0.3, -0.25) is 0 Å². The Hall–Kier alpha value is -0.980. The Morgan fingerprint density at radius 1 is 1.21 bits per heavy atom. The molecule has 0 radical (unpaired) electrons. The van der Waals surface area contributed by atoms with Gasteiger partial charge in [0, 0.05) is 12.7 Å². The lowest BCUT2D eigenvalue weighted by Crippen LogP contribution is -2.06. The second kappa shape index (κ2) is 4.50. The van der Waals surface area contributed by atoms with E-state index in [0.29, 0.717) is 5.41 Å². The smallest absolute Gasteiger partial charge is 0.0340 e. The predicted molar refractivity (Wildman–Crippen MR) is 63.8 cm³/mol. The summed E-state index contributed by atoms with van der Waals surface area (Å²) in [5.41, 5.74) is 3.05. The minimum absolute atomic E-state index is 0.426. The maximum atomic E-state index is 3.16. The molecule has 0 fully saturated rings. The summed E-state index contributed by atoms with van der Waals surface area (Å²) in [6.45, 7) is 6.86. The number of aryl methyl sites for hydroxylation is 1. The third-order valence-corrected chi connectivity index (χ3v) is 2.38. The highest BCUT2D eigenvalue weighted by atomic mass is 14.8. The topological polar surface area (TPSA) is 12.0 Å². The molecule has 1 nitrogen and oxygen atoms in total. The molecule has 1 aromatic carbocycles. The Bertz CT molecular complexity index is 284. The van der Waals surface area contributed by atoms with Gasteiger partial charge < -0.3 is 5.32 Å². The van der Waals surface area contributed by atoms with Gasteiger partial charge in [-0.15, -0.1) is 0 Å². The maximum Gasteiger partial charge on any atom is 0.0340 e. The molecular weight excluding hydrogens is 170 g/mol. The van der Waals surface area contributed by atoms with Gasteiger partial charge in [0.05, 0.1) is 0 Å². The van der Waals surface area contributed by atoms with Crippen molar-refractivity contribution in [1.29, 1.82) is 0 Å². The lowest BCUT2D eigenvalue weighted by molar-refractivity contribution is 0.378. The van der Waals surface area contributed by atoms with Crippen molar-refractivity contribution in [2.45, 2.75) is 33.6 Å². The number of anilines is 1. The summed E-state index contributed by atoms with van der Waals surface area (Å²) in [6, 6.07) is 8.64. The molecule has 14 heavy (non-hydrogen) atoms. The van der Waals surface area contributed by atoms with Gasteiger partial charge in [0.1, 0.15) is 0 Å². The first-order chi connectivity index (χ1) is 6.51. The molecule has 78 valence electrons. The minimum Gasteiger partial charge on any atom is -0.388 e. The van der Waals surface area contributed by atoms with E-state index >= 15 is 0 Å². The van der Waals surface area contributed by atoms with Crippen molar-refractivity contribution in [2.75, 3.05) is 12.4 Å². The van der Waals surface area contributed by atoms with Crippen LogP contribution in [0.2, 0.25) is 0 Å². The van der Waals surface area contributed by atoms with E-state index in [1.165, 1.54) is 24.1 Å². The van der Waals surface area contributed by atoms with E-state index in [9.17, 15) is 0 Å². The van der Waals surface area contributed by atoms with Crippen molar-refractivity contribution in [3.05, 3.63) is 29.8 Å². The molecule has 1 N–H and O–H groups in total. The van der Waals surface area contributed by atoms with Crippen LogP contribution in [0.1, 0.15) is 32.8 Å². The molecule has 0 aliphatic carbocycles. The van der Waals surface area contributed by atoms with E-state index in [4.69, 9.17) is 0 Å². The zero-order chi connectivity index (χ0) is 10.6. The SMILES string of the molecule is CNc1cccc(CCC(C)(C)C)c1. The van der Waals surface area contributed by atoms with E-state index in [1.54, 1.807) is 0 Å². The van der Waals surface area contributed by atoms with Crippen LogP contribution in [0.25, 0.3) is 0 Å². The molecular formula is C13H21N. The van der Waals surface area contributed by atoms with Gasteiger partial charge in [-0.1, -0.05) is 32.9 Å². The number of benzene rings is 1. The van der Waals surface area contributed by atoms with E-state index < -0.39 is 0 Å². The van der Waals surface area contributed by atoms with Crippen molar-refractivity contribution in [1.82, 2.24) is 0 Å². The van der Waals surface area contributed by atoms with Gasteiger partial charge in [0.2, 0.25) is 0 Å². The van der Waals surface area contributed by atoms with Crippen LogP contribution in [0.5, 0.6) is 0 Å². The van der Waals surface area contributed by atoms with Crippen molar-refractivity contribution >= 4 is 5.69 Å². The molecule has 0 aromatic heterocycles. The molecule has 0 aliphatic heterocycles. The molecule has 0 spiro atoms. The highest BCUT2D eigenvalue weighted by Gasteiger charge is 2.09. The molecule has 0 unspecified atom stereocenters. The molecule has 1 heteroatoms. The molecule has 0 bridgehead atoms. The van der Waals surface area contributed by atoms with Crippen molar-refractivity contribution < 1.29 is 0 Å². The zero-order valence-electron chi connectivity index (χ0n) is 9.72. The Labute approximate surface area is 87.5 Å². The van der Waals surface area contributed by atoms with Crippen molar-refractivity contribution in [3.63, 3.8) is 0 Å². The molecule has 0 aliphatic rings. The largest absolute Gasteiger partial charge is 0.388 e. The summed E-state index contributed by atoms with van der Waals surface area (Å²) < 4.78 is 0. The van der Waals surface area contributed by atoms with Gasteiger partial charge in [0.15, 0.2) is 0 Å². The molecule has 0 saturated carbocycles. The summed E-state index contributed by atoms with van der Waals surface area (Å²) in [5, 5.41) is 3.16. The van der Waals surface area contributed by atoms with E-state index in [0.717, 1.165) is 0 Å². The van der Waals surface area contributed by atoms with Gasteiger partial charge in [-0.05, 0) is 36.0 Å². The van der Waals surface area contributed by atoms with Gasteiger partial charge >= 0.3 is 0 Å². The Morgan fingerprint density at radius 3 is 2.50 bits per heavy atom. The van der Waals surface area contributed by atoms with Gasteiger partial charge in [-0.25, -0.2) is 0 Å². The summed E-state index contributed by atoms with van der Waals surface area (Å²) in [5.74, 6) is 0. The molecule has 0 amide bonds. The number of hydrogen-bond acceptors (Lipinski definition) is 1. The van der Waals surface area contributed by atoms with Crippen LogP contribution >= 0.6 is 0 Å². The highest BCUT2D eigenvalue weighted by Crippen LogP contribution is 2.22. The van der Waals surface area contributed by atoms with Crippen LogP contribution in [0.3, 0.4) is 0 Å². The Balaban J connectivity index is 2.59. The van der Waals surface area contributed by atoms with E-state index in [1.807, 2.05) is 7.05 Å². The first-order valence-corrected chi connectivity index (χ1v) is 5.28. The molecule has 0 saturated heterocycles. The molecule has 0 heterocycles. The van der Waals surface area contributed by atoms with Crippen LogP contribution < -0.4 is 5.32 Å². The predicted octanol–water partition coefficient (Wildman–Crippen LogP) is 3.71. The highest BCUT2D eigenvalue weighted by molar-refractivity contribution is 5.44. The lowest BCUT2D eigenvalue weighted by Gasteiger charge is -2.17. The number of rotatable bonds is 3. The summed E-state index contributed by atoms with van der Waals surface area (Å²) in [6.07, 6.45) is 2.40. The monoisotopic (exact) mass is 191 g/mol. The standard InChI is InChI=1S/C13H21N/c1-13(2,3)9-8-11-6-5-7-12(10-11)14-4/h5-7,10,14H,8-9H2,1-4H3. The number of hydrogen-bond donors (Lipinski definition) is 1. The fourth-order valence-electron chi connectivity index (χ4n) is 1.40. The average Bonchev–Trinajstić information content (AvgIpc) is 2.14. The molecule has 0 atom stereocenters. The molecule has 1 rings (SSSR count). The third kappa shape index (κ3) is 3.82. The van der Waals surface area contributed by atoms with Crippen LogP contribution in [0, 0.1) is 5.41 Å². The minimum atomic E-state index is 0.426. The summed E-state index contributed by atoms with van der Waals surface area (Å²) in [4.78, 5) is 0. The summed E-state index contributed by atoms with van der Waals surface area (Å²) >= 11 is 0. The van der Waals surface area contributed by atoms with Crippen LogP contribution in [0.4, 0.5) is 5.69 Å². The second-order valence-corrected chi connectivity index (χ2v) is 5.01. The fourth-order valence-corrected chi connectivity index (χ4v) is 1.40. The van der Waals surface area contributed by atoms with Crippen molar-refractivity contribution in [2.24, 2.45) is 5.41 Å². The first-order valence-electron chi connectivity index (χ1n) is 5.28. The third-order valence-electron chi connectivity index (χ3n) is 2.38. The van der Waals surface area contributed by atoms with Crippen LogP contribution in [-0.2, 0) is 6.42 Å². The van der Waals surface area contributed by atoms with Crippen LogP contribution in [-0.4, -0.2) is 7.05 Å². The quantitative estimate of drug-likeness (QED) is 0.768. The fraction of sp³-hybridized carbons (Fsp3) is 0.538. The Morgan fingerprint density at radius 2 is 1.93 bits per heavy atom. The van der Waals surface area contributed by atoms with Gasteiger partial charge in [-0.2, -0.15) is 0 Å². The summed E-state index contributed by atoms with van der Waals surface area (Å²) in [7, 11) is 1.96. The average molecular weight is 191 g/mol. The Kier molecular flexibility index (Phi) is 3.56. The number of nitrogens with one attached hydrogen (secondary N) is 1. The van der Waals surface area contributed by atoms with Crippen molar-refractivity contribution in [3.8, 4) is 0 Å². The zero-order valence-corrected chi connectivity index (χ0v) is 9.72. The molecule has 1 aromatic rings.